The molecule has 1 aliphatic heterocycles. The van der Waals surface area contributed by atoms with Gasteiger partial charge in [0.2, 0.25) is 0 Å². The van der Waals surface area contributed by atoms with Crippen molar-refractivity contribution in [1.82, 2.24) is 9.71 Å². The summed E-state index contributed by atoms with van der Waals surface area (Å²) >= 11 is 0. The Labute approximate surface area is 56.3 Å². The van der Waals surface area contributed by atoms with Crippen molar-refractivity contribution in [2.75, 3.05) is 0 Å². The summed E-state index contributed by atoms with van der Waals surface area (Å²) in [6.07, 6.45) is 2.70. The second kappa shape index (κ2) is 1.43. The maximum absolute atomic E-state index is 10.4. The van der Waals surface area contributed by atoms with Crippen molar-refractivity contribution in [2.24, 2.45) is 0 Å². The number of nitrogens with zero attached hydrogens (tertiary/aromatic N) is 2. The molecular weight excluding hydrogens is 160 g/mol. The molecule has 0 atom stereocenters. The van der Waals surface area contributed by atoms with Crippen molar-refractivity contribution >= 4 is 10.4 Å². The fourth-order valence-electron chi connectivity index (χ4n) is 0.598. The lowest BCUT2D eigenvalue weighted by Crippen LogP contribution is -2.13. The summed E-state index contributed by atoms with van der Waals surface area (Å²) in [6.45, 7) is 0. The van der Waals surface area contributed by atoms with Gasteiger partial charge in [0.15, 0.2) is 0 Å². The fraction of sp³-hybridized carbons (Fsp3) is 0. The molecule has 0 N–H and O–H groups in total. The Kier molecular flexibility index (Phi) is 0.791. The van der Waals surface area contributed by atoms with E-state index in [0.29, 0.717) is 0 Å². The minimum atomic E-state index is -3.86. The quantitative estimate of drug-likeness (QED) is 0.486. The van der Waals surface area contributed by atoms with Crippen molar-refractivity contribution < 1.29 is 16.9 Å². The molecule has 1 aliphatic rings. The van der Waals surface area contributed by atoms with Crippen LogP contribution in [0.5, 0.6) is 6.01 Å². The lowest BCUT2D eigenvalue weighted by atomic mass is 11.0. The maximum atomic E-state index is 10.4. The molecule has 0 bridgehead atoms. The molecule has 10 heavy (non-hydrogen) atoms. The second-order valence-corrected chi connectivity index (χ2v) is 2.73. The number of rotatable bonds is 0. The third kappa shape index (κ3) is 0.637. The number of imidazole rings is 1. The van der Waals surface area contributed by atoms with Gasteiger partial charge < -0.3 is 4.18 Å². The van der Waals surface area contributed by atoms with E-state index in [2.05, 4.69) is 13.5 Å². The van der Waals surface area contributed by atoms with Crippen molar-refractivity contribution in [1.29, 1.82) is 0 Å². The SMILES string of the molecule is O=S1(=O)Oc2nccn2O1. The Bertz CT molecular complexity index is 326. The van der Waals surface area contributed by atoms with Crippen molar-refractivity contribution in [3.63, 3.8) is 0 Å². The van der Waals surface area contributed by atoms with Crippen LogP contribution in [0.2, 0.25) is 0 Å². The molecule has 2 rings (SSSR count). The van der Waals surface area contributed by atoms with Gasteiger partial charge in [-0.05, 0) is 0 Å². The lowest BCUT2D eigenvalue weighted by molar-refractivity contribution is 0.299. The van der Waals surface area contributed by atoms with Gasteiger partial charge >= 0.3 is 16.4 Å². The van der Waals surface area contributed by atoms with Gasteiger partial charge in [0.05, 0.1) is 12.4 Å². The molecule has 2 heterocycles. The summed E-state index contributed by atoms with van der Waals surface area (Å²) in [5, 5.41) is 0. The first-order chi connectivity index (χ1) is 4.67. The lowest BCUT2D eigenvalue weighted by Gasteiger charge is -1.87. The predicted molar refractivity (Wildman–Crippen MR) is 28.4 cm³/mol. The monoisotopic (exact) mass is 162 g/mol. The van der Waals surface area contributed by atoms with E-state index < -0.39 is 10.4 Å². The highest BCUT2D eigenvalue weighted by Crippen LogP contribution is 2.15. The van der Waals surface area contributed by atoms with Crippen molar-refractivity contribution in [2.45, 2.75) is 0 Å². The van der Waals surface area contributed by atoms with Crippen LogP contribution in [0.4, 0.5) is 0 Å². The van der Waals surface area contributed by atoms with Gasteiger partial charge in [-0.2, -0.15) is 4.98 Å². The van der Waals surface area contributed by atoms with Crippen LogP contribution >= 0.6 is 0 Å². The standard InChI is InChI=1S/C3H2N2O4S/c6-10(7)8-3-4-1-2-5(3)9-10/h1-2H. The molecule has 0 spiro atoms. The van der Waals surface area contributed by atoms with Gasteiger partial charge in [0.1, 0.15) is 0 Å². The Morgan fingerprint density at radius 2 is 2.40 bits per heavy atom. The van der Waals surface area contributed by atoms with Crippen LogP contribution in [0.25, 0.3) is 0 Å². The Balaban J connectivity index is 2.56. The van der Waals surface area contributed by atoms with Crippen LogP contribution in [0, 0.1) is 0 Å². The van der Waals surface area contributed by atoms with Crippen LogP contribution in [0.1, 0.15) is 0 Å². The molecule has 7 heteroatoms. The Hall–Kier alpha value is -1.24. The topological polar surface area (TPSA) is 70.4 Å². The van der Waals surface area contributed by atoms with Crippen LogP contribution in [0.15, 0.2) is 12.4 Å². The first-order valence-electron chi connectivity index (χ1n) is 2.35. The minimum Gasteiger partial charge on any atom is -0.311 e. The highest BCUT2D eigenvalue weighted by molar-refractivity contribution is 7.82. The van der Waals surface area contributed by atoms with E-state index in [1.165, 1.54) is 12.4 Å². The van der Waals surface area contributed by atoms with E-state index in [9.17, 15) is 8.42 Å². The van der Waals surface area contributed by atoms with Crippen LogP contribution in [0.3, 0.4) is 0 Å². The second-order valence-electron chi connectivity index (χ2n) is 1.60. The van der Waals surface area contributed by atoms with Gasteiger partial charge in [-0.1, -0.05) is 0 Å². The summed E-state index contributed by atoms with van der Waals surface area (Å²) in [6, 6.07) is -0.0694. The summed E-state index contributed by atoms with van der Waals surface area (Å²) in [5.74, 6) is 0. The molecule has 0 saturated heterocycles. The van der Waals surface area contributed by atoms with E-state index in [-0.39, 0.29) is 6.01 Å². The number of aromatic nitrogens is 2. The first kappa shape index (κ1) is 5.54. The van der Waals surface area contributed by atoms with Gasteiger partial charge in [0, 0.05) is 0 Å². The molecule has 0 unspecified atom stereocenters. The molecule has 1 aromatic rings. The van der Waals surface area contributed by atoms with Crippen molar-refractivity contribution in [3.8, 4) is 6.01 Å². The number of hydrogen-bond acceptors (Lipinski definition) is 5. The Morgan fingerprint density at radius 1 is 1.60 bits per heavy atom. The van der Waals surface area contributed by atoms with Gasteiger partial charge in [0.25, 0.3) is 0 Å². The average Bonchev–Trinajstić information content (AvgIpc) is 2.20. The van der Waals surface area contributed by atoms with E-state index in [0.717, 1.165) is 4.73 Å². The van der Waals surface area contributed by atoms with Gasteiger partial charge in [-0.15, -0.1) is 13.1 Å². The van der Waals surface area contributed by atoms with E-state index in [4.69, 9.17) is 0 Å². The minimum absolute atomic E-state index is 0.0694. The third-order valence-corrected chi connectivity index (χ3v) is 1.62. The maximum Gasteiger partial charge on any atom is 0.523 e. The molecule has 0 fully saturated rings. The van der Waals surface area contributed by atoms with Gasteiger partial charge in [-0.25, -0.2) is 0 Å². The average molecular weight is 162 g/mol. The zero-order valence-corrected chi connectivity index (χ0v) is 5.41. The van der Waals surface area contributed by atoms with Crippen LogP contribution < -0.4 is 8.47 Å². The zero-order valence-electron chi connectivity index (χ0n) is 4.59. The molecule has 1 aromatic heterocycles. The molecule has 0 aliphatic carbocycles. The van der Waals surface area contributed by atoms with Crippen molar-refractivity contribution in [3.05, 3.63) is 12.4 Å². The molecule has 0 aromatic carbocycles. The molecule has 0 amide bonds. The van der Waals surface area contributed by atoms with Crippen LogP contribution in [-0.2, 0) is 10.4 Å². The smallest absolute Gasteiger partial charge is 0.311 e. The number of hydrogen-bond donors (Lipinski definition) is 0. The number of fused-ring (bicyclic) bond motifs is 1. The molecule has 0 saturated carbocycles. The highest BCUT2D eigenvalue weighted by atomic mass is 32.3. The molecule has 0 radical (unpaired) electrons. The van der Waals surface area contributed by atoms with E-state index in [1.807, 2.05) is 0 Å². The molecular formula is C3H2N2O4S. The predicted octanol–water partition coefficient (Wildman–Crippen LogP) is -1.05. The van der Waals surface area contributed by atoms with Crippen LogP contribution in [-0.4, -0.2) is 18.1 Å². The summed E-state index contributed by atoms with van der Waals surface area (Å²) in [7, 11) is -3.86. The summed E-state index contributed by atoms with van der Waals surface area (Å²) in [4.78, 5) is 3.53. The normalized spacial score (nSPS) is 19.2. The first-order valence-corrected chi connectivity index (χ1v) is 3.68. The Morgan fingerprint density at radius 3 is 3.10 bits per heavy atom. The third-order valence-electron chi connectivity index (χ3n) is 0.924. The summed E-state index contributed by atoms with van der Waals surface area (Å²) in [5.41, 5.74) is 0. The van der Waals surface area contributed by atoms with E-state index >= 15 is 0 Å². The van der Waals surface area contributed by atoms with Gasteiger partial charge in [-0.3, -0.25) is 4.28 Å². The molecule has 54 valence electrons. The largest absolute Gasteiger partial charge is 0.523 e. The zero-order chi connectivity index (χ0) is 7.19. The summed E-state index contributed by atoms with van der Waals surface area (Å²) < 4.78 is 30.3. The van der Waals surface area contributed by atoms with E-state index in [1.54, 1.807) is 0 Å². The molecule has 6 nitrogen and oxygen atoms in total. The fourth-order valence-corrected chi connectivity index (χ4v) is 1.24. The highest BCUT2D eigenvalue weighted by Gasteiger charge is 2.28.